The van der Waals surface area contributed by atoms with Gasteiger partial charge >= 0.3 is 0 Å². The van der Waals surface area contributed by atoms with E-state index in [9.17, 15) is 0 Å². The van der Waals surface area contributed by atoms with Crippen LogP contribution in [-0.2, 0) is 6.42 Å². The van der Waals surface area contributed by atoms with Crippen molar-refractivity contribution in [2.75, 3.05) is 0 Å². The Balaban J connectivity index is 2.05. The highest BCUT2D eigenvalue weighted by molar-refractivity contribution is 5.44. The number of aromatic amines is 1. The van der Waals surface area contributed by atoms with E-state index in [1.165, 1.54) is 16.7 Å². The Morgan fingerprint density at radius 1 is 1.31 bits per heavy atom. The molecule has 0 saturated heterocycles. The SMILES string of the molecule is Cc1ccc(CC=Cc2cnc[nH]2)c(C)c1. The highest BCUT2D eigenvalue weighted by Crippen LogP contribution is 2.12. The van der Waals surface area contributed by atoms with Gasteiger partial charge in [0.1, 0.15) is 0 Å². The number of hydrogen-bond acceptors (Lipinski definition) is 1. The molecule has 0 radical (unpaired) electrons. The number of allylic oxidation sites excluding steroid dienone is 1. The van der Waals surface area contributed by atoms with Crippen molar-refractivity contribution in [2.24, 2.45) is 0 Å². The molecule has 0 aliphatic carbocycles. The Bertz CT molecular complexity index is 481. The monoisotopic (exact) mass is 212 g/mol. The summed E-state index contributed by atoms with van der Waals surface area (Å²) in [4.78, 5) is 7.02. The predicted molar refractivity (Wildman–Crippen MR) is 67.2 cm³/mol. The van der Waals surface area contributed by atoms with Crippen molar-refractivity contribution >= 4 is 6.08 Å². The summed E-state index contributed by atoms with van der Waals surface area (Å²) in [5.41, 5.74) is 5.10. The van der Waals surface area contributed by atoms with Crippen LogP contribution in [0.25, 0.3) is 6.08 Å². The number of imidazole rings is 1. The van der Waals surface area contributed by atoms with E-state index < -0.39 is 0 Å². The van der Waals surface area contributed by atoms with Gasteiger partial charge in [0.25, 0.3) is 0 Å². The summed E-state index contributed by atoms with van der Waals surface area (Å²) in [6, 6.07) is 6.58. The van der Waals surface area contributed by atoms with Crippen LogP contribution in [0.2, 0.25) is 0 Å². The first-order valence-electron chi connectivity index (χ1n) is 5.47. The molecule has 2 rings (SSSR count). The summed E-state index contributed by atoms with van der Waals surface area (Å²) >= 11 is 0. The number of aromatic nitrogens is 2. The van der Waals surface area contributed by atoms with Crippen LogP contribution in [0.4, 0.5) is 0 Å². The second-order valence-electron chi connectivity index (χ2n) is 4.04. The summed E-state index contributed by atoms with van der Waals surface area (Å²) < 4.78 is 0. The summed E-state index contributed by atoms with van der Waals surface area (Å²) in [5, 5.41) is 0. The van der Waals surface area contributed by atoms with Crippen LogP contribution in [0.15, 0.2) is 36.8 Å². The van der Waals surface area contributed by atoms with Crippen molar-refractivity contribution in [1.29, 1.82) is 0 Å². The molecule has 0 spiro atoms. The Morgan fingerprint density at radius 3 is 2.88 bits per heavy atom. The lowest BCUT2D eigenvalue weighted by Crippen LogP contribution is -1.87. The molecule has 2 aromatic rings. The predicted octanol–water partition coefficient (Wildman–Crippen LogP) is 3.28. The molecule has 0 fully saturated rings. The van der Waals surface area contributed by atoms with E-state index in [0.717, 1.165) is 12.1 Å². The van der Waals surface area contributed by atoms with Gasteiger partial charge in [0.05, 0.1) is 18.2 Å². The summed E-state index contributed by atoms with van der Waals surface area (Å²) in [6.07, 6.45) is 8.69. The molecule has 0 unspecified atom stereocenters. The Kier molecular flexibility index (Phi) is 3.20. The molecule has 0 bridgehead atoms. The zero-order valence-electron chi connectivity index (χ0n) is 9.70. The van der Waals surface area contributed by atoms with Gasteiger partial charge in [-0.05, 0) is 37.5 Å². The van der Waals surface area contributed by atoms with Crippen molar-refractivity contribution in [3.63, 3.8) is 0 Å². The Labute approximate surface area is 96.1 Å². The fourth-order valence-electron chi connectivity index (χ4n) is 1.75. The molecule has 2 heteroatoms. The third kappa shape index (κ3) is 2.60. The largest absolute Gasteiger partial charge is 0.345 e. The van der Waals surface area contributed by atoms with Gasteiger partial charge in [0, 0.05) is 0 Å². The number of benzene rings is 1. The normalized spacial score (nSPS) is 11.1. The third-order valence-corrected chi connectivity index (χ3v) is 2.65. The lowest BCUT2D eigenvalue weighted by molar-refractivity contribution is 1.20. The second kappa shape index (κ2) is 4.79. The summed E-state index contributed by atoms with van der Waals surface area (Å²) in [7, 11) is 0. The van der Waals surface area contributed by atoms with Crippen molar-refractivity contribution in [2.45, 2.75) is 20.3 Å². The van der Waals surface area contributed by atoms with Gasteiger partial charge < -0.3 is 4.98 Å². The summed E-state index contributed by atoms with van der Waals surface area (Å²) in [6.45, 7) is 4.28. The number of H-pyrrole nitrogens is 1. The molecule has 0 aliphatic heterocycles. The molecule has 0 atom stereocenters. The number of rotatable bonds is 3. The molecule has 16 heavy (non-hydrogen) atoms. The maximum absolute atomic E-state index is 3.97. The van der Waals surface area contributed by atoms with Gasteiger partial charge in [-0.1, -0.05) is 29.8 Å². The first-order chi connectivity index (χ1) is 7.75. The van der Waals surface area contributed by atoms with Gasteiger partial charge in [0.15, 0.2) is 0 Å². The Hall–Kier alpha value is -1.83. The highest BCUT2D eigenvalue weighted by Gasteiger charge is 1.95. The van der Waals surface area contributed by atoms with E-state index in [-0.39, 0.29) is 0 Å². The smallest absolute Gasteiger partial charge is 0.0924 e. The van der Waals surface area contributed by atoms with Crippen LogP contribution >= 0.6 is 0 Å². The quantitative estimate of drug-likeness (QED) is 0.831. The molecule has 1 N–H and O–H groups in total. The van der Waals surface area contributed by atoms with Crippen LogP contribution in [0.3, 0.4) is 0 Å². The molecule has 0 amide bonds. The molecule has 0 aliphatic rings. The zero-order chi connectivity index (χ0) is 11.4. The van der Waals surface area contributed by atoms with Crippen LogP contribution in [-0.4, -0.2) is 9.97 Å². The van der Waals surface area contributed by atoms with Gasteiger partial charge in [-0.3, -0.25) is 0 Å². The zero-order valence-corrected chi connectivity index (χ0v) is 9.70. The van der Waals surface area contributed by atoms with Crippen molar-refractivity contribution < 1.29 is 0 Å². The molecule has 1 aromatic carbocycles. The Morgan fingerprint density at radius 2 is 2.19 bits per heavy atom. The maximum Gasteiger partial charge on any atom is 0.0924 e. The number of nitrogens with zero attached hydrogens (tertiary/aromatic N) is 1. The number of aryl methyl sites for hydroxylation is 2. The molecule has 0 saturated carbocycles. The molecular formula is C14H16N2. The van der Waals surface area contributed by atoms with E-state index in [2.05, 4.69) is 54.2 Å². The minimum Gasteiger partial charge on any atom is -0.345 e. The molecule has 2 nitrogen and oxygen atoms in total. The molecule has 1 aromatic heterocycles. The van der Waals surface area contributed by atoms with E-state index >= 15 is 0 Å². The standard InChI is InChI=1S/C14H16N2/c1-11-6-7-13(12(2)8-11)4-3-5-14-9-15-10-16-14/h3,5-10H,4H2,1-2H3,(H,15,16). The van der Waals surface area contributed by atoms with Crippen LogP contribution in [0, 0.1) is 13.8 Å². The first-order valence-corrected chi connectivity index (χ1v) is 5.47. The van der Waals surface area contributed by atoms with Crippen LogP contribution in [0.5, 0.6) is 0 Å². The minimum absolute atomic E-state index is 0.963. The lowest BCUT2D eigenvalue weighted by atomic mass is 10.0. The van der Waals surface area contributed by atoms with Crippen molar-refractivity contribution in [1.82, 2.24) is 9.97 Å². The second-order valence-corrected chi connectivity index (χ2v) is 4.04. The van der Waals surface area contributed by atoms with Gasteiger partial charge in [-0.15, -0.1) is 0 Å². The van der Waals surface area contributed by atoms with E-state index in [1.807, 2.05) is 6.20 Å². The fraction of sp³-hybridized carbons (Fsp3) is 0.214. The van der Waals surface area contributed by atoms with Gasteiger partial charge in [0.2, 0.25) is 0 Å². The first kappa shape index (κ1) is 10.7. The maximum atomic E-state index is 3.97. The fourth-order valence-corrected chi connectivity index (χ4v) is 1.75. The van der Waals surface area contributed by atoms with E-state index in [4.69, 9.17) is 0 Å². The van der Waals surface area contributed by atoms with E-state index in [0.29, 0.717) is 0 Å². The van der Waals surface area contributed by atoms with Crippen molar-refractivity contribution in [3.05, 3.63) is 59.2 Å². The lowest BCUT2D eigenvalue weighted by Gasteiger charge is -2.03. The third-order valence-electron chi connectivity index (χ3n) is 2.65. The summed E-state index contributed by atoms with van der Waals surface area (Å²) in [5.74, 6) is 0. The average molecular weight is 212 g/mol. The molecule has 1 heterocycles. The number of nitrogens with one attached hydrogen (secondary N) is 1. The highest BCUT2D eigenvalue weighted by atomic mass is 14.8. The topological polar surface area (TPSA) is 28.7 Å². The minimum atomic E-state index is 0.963. The van der Waals surface area contributed by atoms with E-state index in [1.54, 1.807) is 6.33 Å². The van der Waals surface area contributed by atoms with Crippen molar-refractivity contribution in [3.8, 4) is 0 Å². The van der Waals surface area contributed by atoms with Gasteiger partial charge in [-0.25, -0.2) is 4.98 Å². The van der Waals surface area contributed by atoms with Crippen LogP contribution in [0.1, 0.15) is 22.4 Å². The molecule has 82 valence electrons. The van der Waals surface area contributed by atoms with Crippen LogP contribution < -0.4 is 0 Å². The number of hydrogen-bond donors (Lipinski definition) is 1. The van der Waals surface area contributed by atoms with Gasteiger partial charge in [-0.2, -0.15) is 0 Å². The molecular weight excluding hydrogens is 196 g/mol. The average Bonchev–Trinajstić information content (AvgIpc) is 2.74.